The molecule has 1 aliphatic carbocycles. The highest BCUT2D eigenvalue weighted by atomic mass is 16.5. The molecule has 1 aliphatic heterocycles. The van der Waals surface area contributed by atoms with Gasteiger partial charge in [0.25, 0.3) is 0 Å². The number of rotatable bonds is 3. The van der Waals surface area contributed by atoms with Gasteiger partial charge in [-0.2, -0.15) is 0 Å². The van der Waals surface area contributed by atoms with E-state index in [1.54, 1.807) is 20.3 Å². The van der Waals surface area contributed by atoms with Gasteiger partial charge >= 0.3 is 5.63 Å². The van der Waals surface area contributed by atoms with Crippen molar-refractivity contribution in [3.05, 3.63) is 62.5 Å². The number of Topliss-reactive ketones (excluding diaryl/α,β-unsaturated/α-hetero) is 1. The van der Waals surface area contributed by atoms with Gasteiger partial charge in [0.15, 0.2) is 17.3 Å². The first-order valence-electron chi connectivity index (χ1n) is 10.1. The van der Waals surface area contributed by atoms with Crippen molar-refractivity contribution in [2.24, 2.45) is 0 Å². The maximum Gasteiger partial charge on any atom is 0.339 e. The zero-order valence-electron chi connectivity index (χ0n) is 17.2. The van der Waals surface area contributed by atoms with Crippen LogP contribution in [0, 0.1) is 6.92 Å². The highest BCUT2D eigenvalue weighted by Crippen LogP contribution is 2.45. The zero-order valence-corrected chi connectivity index (χ0v) is 17.2. The molecule has 0 N–H and O–H groups in total. The fourth-order valence-corrected chi connectivity index (χ4v) is 4.69. The van der Waals surface area contributed by atoms with E-state index in [9.17, 15) is 9.59 Å². The molecule has 30 heavy (non-hydrogen) atoms. The minimum atomic E-state index is -0.459. The topological polar surface area (TPSA) is 75.0 Å². The quantitative estimate of drug-likeness (QED) is 0.603. The third-order valence-electron chi connectivity index (χ3n) is 6.10. The molecule has 0 radical (unpaired) electrons. The molecule has 0 saturated heterocycles. The summed E-state index contributed by atoms with van der Waals surface area (Å²) in [6.07, 6.45) is 2.15. The van der Waals surface area contributed by atoms with Crippen LogP contribution in [0.25, 0.3) is 11.0 Å². The zero-order chi connectivity index (χ0) is 21.0. The van der Waals surface area contributed by atoms with E-state index in [2.05, 4.69) is 0 Å². The van der Waals surface area contributed by atoms with Gasteiger partial charge in [-0.05, 0) is 61.1 Å². The standard InChI is InChI=1S/C24H22O6/c1-12-9-20-22(14-5-4-6-15(14)24(26)30-20)23-21(12)16(25)11-18(29-23)13-7-8-17(27-2)19(10-13)28-3/h7-10,18H,4-6,11H2,1-3H3. The molecule has 5 rings (SSSR count). The maximum absolute atomic E-state index is 13.2. The van der Waals surface area contributed by atoms with Gasteiger partial charge in [-0.3, -0.25) is 4.79 Å². The number of carbonyl (C=O) groups is 1. The van der Waals surface area contributed by atoms with E-state index in [1.165, 1.54) is 0 Å². The van der Waals surface area contributed by atoms with Crippen LogP contribution in [0.15, 0.2) is 33.5 Å². The Morgan fingerprint density at radius 3 is 2.53 bits per heavy atom. The number of ketones is 1. The Morgan fingerprint density at radius 1 is 1.00 bits per heavy atom. The molecule has 154 valence electrons. The lowest BCUT2D eigenvalue weighted by Crippen LogP contribution is -2.22. The third kappa shape index (κ3) is 2.70. The molecule has 0 saturated carbocycles. The Hall–Kier alpha value is -3.28. The van der Waals surface area contributed by atoms with E-state index in [-0.39, 0.29) is 17.8 Å². The summed E-state index contributed by atoms with van der Waals surface area (Å²) in [5, 5.41) is 0.765. The van der Waals surface area contributed by atoms with Gasteiger partial charge in [0.2, 0.25) is 0 Å². The molecule has 6 heteroatoms. The molecule has 1 aromatic heterocycles. The molecular weight excluding hydrogens is 384 g/mol. The summed E-state index contributed by atoms with van der Waals surface area (Å²) in [6.45, 7) is 1.85. The summed E-state index contributed by atoms with van der Waals surface area (Å²) in [4.78, 5) is 25.5. The summed E-state index contributed by atoms with van der Waals surface area (Å²) in [7, 11) is 3.16. The van der Waals surface area contributed by atoms with E-state index in [0.717, 1.165) is 34.9 Å². The summed E-state index contributed by atoms with van der Waals surface area (Å²) in [6, 6.07) is 7.31. The van der Waals surface area contributed by atoms with Gasteiger partial charge in [0.05, 0.1) is 31.6 Å². The van der Waals surface area contributed by atoms with Crippen LogP contribution in [0.1, 0.15) is 51.6 Å². The Morgan fingerprint density at radius 2 is 1.77 bits per heavy atom. The third-order valence-corrected chi connectivity index (χ3v) is 6.10. The van der Waals surface area contributed by atoms with Crippen molar-refractivity contribution in [2.45, 2.75) is 38.7 Å². The van der Waals surface area contributed by atoms with Gasteiger partial charge < -0.3 is 18.6 Å². The molecule has 1 unspecified atom stereocenters. The molecule has 1 atom stereocenters. The van der Waals surface area contributed by atoms with Crippen LogP contribution in [0.4, 0.5) is 0 Å². The van der Waals surface area contributed by atoms with Crippen molar-refractivity contribution in [1.82, 2.24) is 0 Å². The predicted molar refractivity (Wildman–Crippen MR) is 111 cm³/mol. The molecule has 0 fully saturated rings. The lowest BCUT2D eigenvalue weighted by atomic mass is 9.90. The first-order chi connectivity index (χ1) is 14.5. The van der Waals surface area contributed by atoms with Gasteiger partial charge in [-0.1, -0.05) is 6.07 Å². The number of benzene rings is 2. The van der Waals surface area contributed by atoms with E-state index < -0.39 is 6.10 Å². The molecule has 0 amide bonds. The SMILES string of the molecule is COc1ccc(C2CC(=O)c3c(C)cc4oc(=O)c5c(c4c3O2)CCC5)cc1OC. The number of carbonyl (C=O) groups excluding carboxylic acids is 1. The van der Waals surface area contributed by atoms with Crippen molar-refractivity contribution in [3.63, 3.8) is 0 Å². The smallest absolute Gasteiger partial charge is 0.339 e. The number of hydrogen-bond acceptors (Lipinski definition) is 6. The first kappa shape index (κ1) is 18.7. The number of hydrogen-bond donors (Lipinski definition) is 0. The summed E-state index contributed by atoms with van der Waals surface area (Å²) in [5.41, 5.74) is 4.04. The number of methoxy groups -OCH3 is 2. The summed E-state index contributed by atoms with van der Waals surface area (Å²) >= 11 is 0. The average molecular weight is 406 g/mol. The van der Waals surface area contributed by atoms with E-state index in [0.29, 0.717) is 40.4 Å². The molecule has 2 heterocycles. The van der Waals surface area contributed by atoms with Gasteiger partial charge in [-0.25, -0.2) is 4.79 Å². The van der Waals surface area contributed by atoms with Crippen LogP contribution < -0.4 is 19.8 Å². The van der Waals surface area contributed by atoms with Crippen molar-refractivity contribution < 1.29 is 23.4 Å². The number of fused-ring (bicyclic) bond motifs is 5. The van der Waals surface area contributed by atoms with Crippen LogP contribution >= 0.6 is 0 Å². The molecule has 2 aliphatic rings. The Kier molecular flexibility index (Phi) is 4.31. The van der Waals surface area contributed by atoms with E-state index >= 15 is 0 Å². The minimum absolute atomic E-state index is 0.0216. The van der Waals surface area contributed by atoms with Gasteiger partial charge in [0.1, 0.15) is 17.4 Å². The lowest BCUT2D eigenvalue weighted by Gasteiger charge is -2.28. The lowest BCUT2D eigenvalue weighted by molar-refractivity contribution is 0.0852. The molecule has 0 bridgehead atoms. The Labute approximate surface area is 173 Å². The first-order valence-corrected chi connectivity index (χ1v) is 10.1. The number of aryl methyl sites for hydroxylation is 2. The molecule has 6 nitrogen and oxygen atoms in total. The van der Waals surface area contributed by atoms with Crippen LogP contribution in [0.5, 0.6) is 17.2 Å². The second kappa shape index (κ2) is 6.90. The second-order valence-electron chi connectivity index (χ2n) is 7.82. The van der Waals surface area contributed by atoms with Crippen molar-refractivity contribution in [1.29, 1.82) is 0 Å². The predicted octanol–water partition coefficient (Wildman–Crippen LogP) is 4.31. The minimum Gasteiger partial charge on any atom is -0.493 e. The Balaban J connectivity index is 1.70. The maximum atomic E-state index is 13.2. The van der Waals surface area contributed by atoms with Crippen molar-refractivity contribution in [2.75, 3.05) is 14.2 Å². The van der Waals surface area contributed by atoms with E-state index in [1.807, 2.05) is 25.1 Å². The van der Waals surface area contributed by atoms with Crippen LogP contribution in [-0.4, -0.2) is 20.0 Å². The van der Waals surface area contributed by atoms with Gasteiger partial charge in [0, 0.05) is 5.56 Å². The van der Waals surface area contributed by atoms with Crippen molar-refractivity contribution >= 4 is 16.8 Å². The molecular formula is C24H22O6. The van der Waals surface area contributed by atoms with Crippen LogP contribution in [0.3, 0.4) is 0 Å². The summed E-state index contributed by atoms with van der Waals surface area (Å²) in [5.74, 6) is 1.75. The highest BCUT2D eigenvalue weighted by Gasteiger charge is 2.34. The van der Waals surface area contributed by atoms with Crippen molar-refractivity contribution in [3.8, 4) is 17.2 Å². The van der Waals surface area contributed by atoms with Crippen LogP contribution in [0.2, 0.25) is 0 Å². The molecule has 0 spiro atoms. The highest BCUT2D eigenvalue weighted by molar-refractivity contribution is 6.07. The number of ether oxygens (including phenoxy) is 3. The van der Waals surface area contributed by atoms with Gasteiger partial charge in [-0.15, -0.1) is 0 Å². The fraction of sp³-hybridized carbons (Fsp3) is 0.333. The Bertz CT molecular complexity index is 1250. The largest absolute Gasteiger partial charge is 0.493 e. The average Bonchev–Trinajstić information content (AvgIpc) is 3.23. The van der Waals surface area contributed by atoms with E-state index in [4.69, 9.17) is 18.6 Å². The fourth-order valence-electron chi connectivity index (χ4n) is 4.69. The summed E-state index contributed by atoms with van der Waals surface area (Å²) < 4.78 is 22.8. The van der Waals surface area contributed by atoms with Crippen LogP contribution in [-0.2, 0) is 12.8 Å². The molecule has 3 aromatic rings. The second-order valence-corrected chi connectivity index (χ2v) is 7.82. The monoisotopic (exact) mass is 406 g/mol. The normalized spacial score (nSPS) is 17.4. The molecule has 2 aromatic carbocycles.